The van der Waals surface area contributed by atoms with Gasteiger partial charge in [0.25, 0.3) is 0 Å². The Morgan fingerprint density at radius 1 is 0.423 bits per heavy atom. The van der Waals surface area contributed by atoms with Gasteiger partial charge in [0.15, 0.2) is 0 Å². The first-order valence-electron chi connectivity index (χ1n) is 12.6. The summed E-state index contributed by atoms with van der Waals surface area (Å²) in [5.41, 5.74) is 0. The van der Waals surface area contributed by atoms with Gasteiger partial charge in [0, 0.05) is 6.04 Å². The molecule has 0 radical (unpaired) electrons. The maximum Gasteiger partial charge on any atom is 0.00670 e. The minimum atomic E-state index is 0.794. The average Bonchev–Trinajstić information content (AvgIpc) is 2.66. The fourth-order valence-electron chi connectivity index (χ4n) is 3.90. The molecule has 0 aromatic carbocycles. The predicted octanol–water partition coefficient (Wildman–Crippen LogP) is 8.81. The van der Waals surface area contributed by atoms with Crippen LogP contribution in [0, 0.1) is 0 Å². The molecule has 158 valence electrons. The minimum absolute atomic E-state index is 0.794. The summed E-state index contributed by atoms with van der Waals surface area (Å²) in [7, 11) is 0. The molecule has 0 atom stereocenters. The Bertz CT molecular complexity index is 226. The van der Waals surface area contributed by atoms with Crippen molar-refractivity contribution >= 4 is 0 Å². The largest absolute Gasteiger partial charge is 0.314 e. The summed E-state index contributed by atoms with van der Waals surface area (Å²) in [4.78, 5) is 0. The van der Waals surface area contributed by atoms with Gasteiger partial charge in [0.2, 0.25) is 0 Å². The normalized spacial score (nSPS) is 11.5. The predicted molar refractivity (Wildman–Crippen MR) is 121 cm³/mol. The highest BCUT2D eigenvalue weighted by Gasteiger charge is 2.07. The molecular formula is C25H53N. The summed E-state index contributed by atoms with van der Waals surface area (Å²) in [5, 5.41) is 3.90. The van der Waals surface area contributed by atoms with Gasteiger partial charge in [-0.15, -0.1) is 0 Å². The van der Waals surface area contributed by atoms with Crippen molar-refractivity contribution < 1.29 is 0 Å². The van der Waals surface area contributed by atoms with E-state index in [0.29, 0.717) is 0 Å². The molecular weight excluding hydrogens is 314 g/mol. The van der Waals surface area contributed by atoms with E-state index in [4.69, 9.17) is 0 Å². The number of hydrogen-bond acceptors (Lipinski definition) is 1. The third kappa shape index (κ3) is 20.3. The van der Waals surface area contributed by atoms with Crippen LogP contribution in [0.5, 0.6) is 0 Å². The van der Waals surface area contributed by atoms with Crippen molar-refractivity contribution in [3.63, 3.8) is 0 Å². The second-order valence-corrected chi connectivity index (χ2v) is 8.53. The van der Waals surface area contributed by atoms with E-state index in [1.54, 1.807) is 0 Å². The lowest BCUT2D eigenvalue weighted by Gasteiger charge is -2.19. The molecule has 0 heterocycles. The maximum absolute atomic E-state index is 3.90. The van der Waals surface area contributed by atoms with E-state index in [-0.39, 0.29) is 0 Å². The Morgan fingerprint density at radius 2 is 0.769 bits per heavy atom. The zero-order valence-electron chi connectivity index (χ0n) is 18.9. The topological polar surface area (TPSA) is 12.0 Å². The zero-order valence-corrected chi connectivity index (χ0v) is 18.9. The van der Waals surface area contributed by atoms with E-state index in [0.717, 1.165) is 6.04 Å². The smallest absolute Gasteiger partial charge is 0.00670 e. The summed E-state index contributed by atoms with van der Waals surface area (Å²) >= 11 is 0. The molecule has 0 spiro atoms. The molecule has 0 unspecified atom stereocenters. The summed E-state index contributed by atoms with van der Waals surface area (Å²) < 4.78 is 0. The van der Waals surface area contributed by atoms with Crippen LogP contribution in [-0.4, -0.2) is 12.6 Å². The SMILES string of the molecule is CCCCCCCCCCCCNC(CCCCCC)CCCCCC. The summed E-state index contributed by atoms with van der Waals surface area (Å²) in [5.74, 6) is 0. The van der Waals surface area contributed by atoms with Gasteiger partial charge in [-0.05, 0) is 25.8 Å². The molecule has 0 aliphatic rings. The maximum atomic E-state index is 3.90. The van der Waals surface area contributed by atoms with Crippen LogP contribution >= 0.6 is 0 Å². The minimum Gasteiger partial charge on any atom is -0.314 e. The van der Waals surface area contributed by atoms with Gasteiger partial charge in [-0.3, -0.25) is 0 Å². The van der Waals surface area contributed by atoms with E-state index in [9.17, 15) is 0 Å². The molecule has 0 saturated heterocycles. The molecule has 1 heteroatoms. The van der Waals surface area contributed by atoms with Crippen LogP contribution < -0.4 is 5.32 Å². The fourth-order valence-corrected chi connectivity index (χ4v) is 3.90. The third-order valence-corrected chi connectivity index (χ3v) is 5.78. The Kier molecular flexibility index (Phi) is 23.0. The lowest BCUT2D eigenvalue weighted by Crippen LogP contribution is -2.30. The highest BCUT2D eigenvalue weighted by molar-refractivity contribution is 4.67. The summed E-state index contributed by atoms with van der Waals surface area (Å²) in [6.07, 6.45) is 28.5. The van der Waals surface area contributed by atoms with E-state index < -0.39 is 0 Å². The number of unbranched alkanes of at least 4 members (excludes halogenated alkanes) is 15. The molecule has 0 aliphatic carbocycles. The number of hydrogen-bond donors (Lipinski definition) is 1. The molecule has 0 bridgehead atoms. The molecule has 0 aromatic rings. The van der Waals surface area contributed by atoms with Crippen LogP contribution in [0.2, 0.25) is 0 Å². The van der Waals surface area contributed by atoms with Gasteiger partial charge in [-0.25, -0.2) is 0 Å². The quantitative estimate of drug-likeness (QED) is 0.188. The monoisotopic (exact) mass is 367 g/mol. The Morgan fingerprint density at radius 3 is 1.19 bits per heavy atom. The number of nitrogens with one attached hydrogen (secondary N) is 1. The Hall–Kier alpha value is -0.0400. The van der Waals surface area contributed by atoms with Gasteiger partial charge in [-0.1, -0.05) is 130 Å². The van der Waals surface area contributed by atoms with Gasteiger partial charge in [-0.2, -0.15) is 0 Å². The first-order valence-corrected chi connectivity index (χ1v) is 12.6. The van der Waals surface area contributed by atoms with Crippen LogP contribution in [0.3, 0.4) is 0 Å². The van der Waals surface area contributed by atoms with Gasteiger partial charge in [0.1, 0.15) is 0 Å². The van der Waals surface area contributed by atoms with Crippen LogP contribution in [0.1, 0.15) is 149 Å². The van der Waals surface area contributed by atoms with E-state index in [1.165, 1.54) is 135 Å². The fraction of sp³-hybridized carbons (Fsp3) is 1.00. The Balaban J connectivity index is 3.57. The van der Waals surface area contributed by atoms with Gasteiger partial charge in [0.05, 0.1) is 0 Å². The molecule has 0 rings (SSSR count). The van der Waals surface area contributed by atoms with Crippen LogP contribution in [0.15, 0.2) is 0 Å². The highest BCUT2D eigenvalue weighted by atomic mass is 14.9. The van der Waals surface area contributed by atoms with Crippen molar-refractivity contribution in [2.24, 2.45) is 0 Å². The average molecular weight is 368 g/mol. The van der Waals surface area contributed by atoms with E-state index in [2.05, 4.69) is 26.1 Å². The number of rotatable bonds is 22. The lowest BCUT2D eigenvalue weighted by molar-refractivity contribution is 0.408. The zero-order chi connectivity index (χ0) is 19.1. The molecule has 0 amide bonds. The van der Waals surface area contributed by atoms with Crippen LogP contribution in [0.25, 0.3) is 0 Å². The second-order valence-electron chi connectivity index (χ2n) is 8.53. The van der Waals surface area contributed by atoms with Crippen molar-refractivity contribution in [2.75, 3.05) is 6.54 Å². The van der Waals surface area contributed by atoms with E-state index in [1.807, 2.05) is 0 Å². The molecule has 0 saturated carbocycles. The van der Waals surface area contributed by atoms with Crippen molar-refractivity contribution in [3.05, 3.63) is 0 Å². The first kappa shape index (κ1) is 26.0. The van der Waals surface area contributed by atoms with Crippen LogP contribution in [0.4, 0.5) is 0 Å². The molecule has 26 heavy (non-hydrogen) atoms. The molecule has 0 aliphatic heterocycles. The lowest BCUT2D eigenvalue weighted by atomic mass is 10.0. The van der Waals surface area contributed by atoms with Crippen molar-refractivity contribution in [1.29, 1.82) is 0 Å². The molecule has 1 N–H and O–H groups in total. The van der Waals surface area contributed by atoms with Crippen molar-refractivity contribution in [1.82, 2.24) is 5.32 Å². The highest BCUT2D eigenvalue weighted by Crippen LogP contribution is 2.13. The van der Waals surface area contributed by atoms with Crippen LogP contribution in [-0.2, 0) is 0 Å². The Labute approximate surface area is 167 Å². The van der Waals surface area contributed by atoms with E-state index >= 15 is 0 Å². The van der Waals surface area contributed by atoms with Crippen molar-refractivity contribution in [2.45, 2.75) is 155 Å². The van der Waals surface area contributed by atoms with Crippen molar-refractivity contribution in [3.8, 4) is 0 Å². The first-order chi connectivity index (χ1) is 12.8. The second kappa shape index (κ2) is 23.0. The summed E-state index contributed by atoms with van der Waals surface area (Å²) in [6.45, 7) is 8.18. The summed E-state index contributed by atoms with van der Waals surface area (Å²) in [6, 6.07) is 0.794. The van der Waals surface area contributed by atoms with Gasteiger partial charge >= 0.3 is 0 Å². The standard InChI is InChI=1S/C25H53N/c1-4-7-10-13-14-15-16-17-18-21-24-26-25(22-19-11-8-5-2)23-20-12-9-6-3/h25-26H,4-24H2,1-3H3. The molecule has 1 nitrogen and oxygen atoms in total. The van der Waals surface area contributed by atoms with Gasteiger partial charge < -0.3 is 5.32 Å². The molecule has 0 aromatic heterocycles. The third-order valence-electron chi connectivity index (χ3n) is 5.78. The molecule has 0 fully saturated rings.